The van der Waals surface area contributed by atoms with Crippen molar-refractivity contribution in [3.63, 3.8) is 0 Å². The standard InChI is InChI=1S/C18H16ClN5S/c1-11-8-12(2)24(23-11)16-7-6-13-4-3-5-15(17(13)22-16)20-9-14-10-21-18(19)25-14/h3-8,10,20H,9H2,1-2H3. The SMILES string of the molecule is Cc1cc(C)n(-c2ccc3cccc(NCc4cnc(Cl)s4)c3n2)n1. The fraction of sp³-hybridized carbons (Fsp3) is 0.167. The molecule has 1 N–H and O–H groups in total. The van der Waals surface area contributed by atoms with E-state index in [0.29, 0.717) is 11.0 Å². The second kappa shape index (κ2) is 6.46. The van der Waals surface area contributed by atoms with E-state index in [1.165, 1.54) is 11.3 Å². The molecular formula is C18H16ClN5S. The number of halogens is 1. The summed E-state index contributed by atoms with van der Waals surface area (Å²) in [6, 6.07) is 12.2. The van der Waals surface area contributed by atoms with Crippen molar-refractivity contribution in [2.75, 3.05) is 5.32 Å². The summed E-state index contributed by atoms with van der Waals surface area (Å²) in [4.78, 5) is 9.99. The van der Waals surface area contributed by atoms with Gasteiger partial charge in [-0.25, -0.2) is 14.6 Å². The lowest BCUT2D eigenvalue weighted by atomic mass is 10.2. The van der Waals surface area contributed by atoms with Crippen LogP contribution in [0.4, 0.5) is 5.69 Å². The molecule has 7 heteroatoms. The third-order valence-electron chi connectivity index (χ3n) is 3.91. The highest BCUT2D eigenvalue weighted by Crippen LogP contribution is 2.25. The lowest BCUT2D eigenvalue weighted by Gasteiger charge is -2.10. The molecule has 0 spiro atoms. The lowest BCUT2D eigenvalue weighted by Crippen LogP contribution is -2.04. The molecule has 5 nitrogen and oxygen atoms in total. The van der Waals surface area contributed by atoms with Crippen molar-refractivity contribution in [2.45, 2.75) is 20.4 Å². The van der Waals surface area contributed by atoms with Crippen LogP contribution in [-0.2, 0) is 6.54 Å². The molecule has 0 aliphatic rings. The number of fused-ring (bicyclic) bond motifs is 1. The molecule has 0 fully saturated rings. The second-order valence-corrected chi connectivity index (χ2v) is 7.52. The molecule has 126 valence electrons. The number of rotatable bonds is 4. The molecule has 0 amide bonds. The maximum atomic E-state index is 5.90. The smallest absolute Gasteiger partial charge is 0.183 e. The summed E-state index contributed by atoms with van der Waals surface area (Å²) >= 11 is 7.37. The Bertz CT molecular complexity index is 1050. The molecule has 1 aromatic carbocycles. The van der Waals surface area contributed by atoms with Gasteiger partial charge in [0.05, 0.1) is 23.4 Å². The van der Waals surface area contributed by atoms with E-state index in [1.54, 1.807) is 6.20 Å². The second-order valence-electron chi connectivity index (χ2n) is 5.82. The summed E-state index contributed by atoms with van der Waals surface area (Å²) in [5.41, 5.74) is 3.94. The van der Waals surface area contributed by atoms with Crippen LogP contribution < -0.4 is 5.32 Å². The van der Waals surface area contributed by atoms with E-state index < -0.39 is 0 Å². The maximum Gasteiger partial charge on any atom is 0.183 e. The number of aryl methyl sites for hydroxylation is 2. The van der Waals surface area contributed by atoms with Crippen molar-refractivity contribution in [3.8, 4) is 5.82 Å². The number of nitrogens with one attached hydrogen (secondary N) is 1. The van der Waals surface area contributed by atoms with Crippen LogP contribution in [0.1, 0.15) is 16.3 Å². The summed E-state index contributed by atoms with van der Waals surface area (Å²) < 4.78 is 2.42. The number of benzene rings is 1. The number of aromatic nitrogens is 4. The van der Waals surface area contributed by atoms with Gasteiger partial charge in [-0.15, -0.1) is 11.3 Å². The first-order valence-corrected chi connectivity index (χ1v) is 9.07. The van der Waals surface area contributed by atoms with Gasteiger partial charge in [0.2, 0.25) is 0 Å². The van der Waals surface area contributed by atoms with Crippen molar-refractivity contribution in [2.24, 2.45) is 0 Å². The zero-order chi connectivity index (χ0) is 17.4. The van der Waals surface area contributed by atoms with Gasteiger partial charge in [-0.05, 0) is 38.1 Å². The van der Waals surface area contributed by atoms with Crippen molar-refractivity contribution in [1.29, 1.82) is 0 Å². The zero-order valence-corrected chi connectivity index (χ0v) is 15.4. The first-order chi connectivity index (χ1) is 12.1. The van der Waals surface area contributed by atoms with Crippen molar-refractivity contribution in [1.82, 2.24) is 19.7 Å². The molecule has 4 aromatic rings. The van der Waals surface area contributed by atoms with E-state index in [9.17, 15) is 0 Å². The first kappa shape index (κ1) is 16.1. The monoisotopic (exact) mass is 369 g/mol. The minimum Gasteiger partial charge on any atom is -0.378 e. The van der Waals surface area contributed by atoms with Gasteiger partial charge >= 0.3 is 0 Å². The Morgan fingerprint density at radius 1 is 1.20 bits per heavy atom. The zero-order valence-electron chi connectivity index (χ0n) is 13.8. The van der Waals surface area contributed by atoms with E-state index in [2.05, 4.69) is 27.5 Å². The van der Waals surface area contributed by atoms with Crippen molar-refractivity contribution < 1.29 is 0 Å². The Hall–Kier alpha value is -2.44. The number of thiazole rings is 1. The fourth-order valence-corrected chi connectivity index (χ4v) is 3.72. The van der Waals surface area contributed by atoms with Gasteiger partial charge in [0, 0.05) is 22.2 Å². The van der Waals surface area contributed by atoms with Crippen LogP contribution in [0.2, 0.25) is 4.47 Å². The molecular weight excluding hydrogens is 354 g/mol. The molecule has 0 radical (unpaired) electrons. The van der Waals surface area contributed by atoms with Crippen LogP contribution in [0.3, 0.4) is 0 Å². The Morgan fingerprint density at radius 2 is 2.08 bits per heavy atom. The number of para-hydroxylation sites is 1. The molecule has 0 bridgehead atoms. The number of hydrogen-bond donors (Lipinski definition) is 1. The van der Waals surface area contributed by atoms with Crippen LogP contribution in [0, 0.1) is 13.8 Å². The van der Waals surface area contributed by atoms with E-state index in [0.717, 1.165) is 38.7 Å². The molecule has 0 aliphatic carbocycles. The topological polar surface area (TPSA) is 55.6 Å². The maximum absolute atomic E-state index is 5.90. The number of pyridine rings is 1. The van der Waals surface area contributed by atoms with Gasteiger partial charge in [0.1, 0.15) is 0 Å². The summed E-state index contributed by atoms with van der Waals surface area (Å²) in [5, 5.41) is 9.04. The highest BCUT2D eigenvalue weighted by Gasteiger charge is 2.09. The van der Waals surface area contributed by atoms with E-state index in [1.807, 2.05) is 42.8 Å². The Morgan fingerprint density at radius 3 is 2.80 bits per heavy atom. The minimum absolute atomic E-state index is 0.555. The predicted molar refractivity (Wildman–Crippen MR) is 103 cm³/mol. The fourth-order valence-electron chi connectivity index (χ4n) is 2.81. The third-order valence-corrected chi connectivity index (χ3v) is 5.03. The molecule has 3 heterocycles. The first-order valence-electron chi connectivity index (χ1n) is 7.87. The predicted octanol–water partition coefficient (Wildman–Crippen LogP) is 4.76. The Labute approximate surface area is 154 Å². The van der Waals surface area contributed by atoms with Crippen molar-refractivity contribution >= 4 is 39.5 Å². The third kappa shape index (κ3) is 3.23. The number of nitrogens with zero attached hydrogens (tertiary/aromatic N) is 4. The number of anilines is 1. The van der Waals surface area contributed by atoms with E-state index in [4.69, 9.17) is 16.6 Å². The van der Waals surface area contributed by atoms with Gasteiger partial charge < -0.3 is 5.32 Å². The molecule has 0 aliphatic heterocycles. The summed E-state index contributed by atoms with van der Waals surface area (Å²) in [5.74, 6) is 0.813. The van der Waals surface area contributed by atoms with Crippen LogP contribution in [-0.4, -0.2) is 19.7 Å². The molecule has 0 saturated heterocycles. The van der Waals surface area contributed by atoms with Gasteiger partial charge in [-0.2, -0.15) is 5.10 Å². The molecule has 0 unspecified atom stereocenters. The summed E-state index contributed by atoms with van der Waals surface area (Å²) in [6.45, 7) is 4.68. The normalized spacial score (nSPS) is 11.2. The molecule has 0 atom stereocenters. The quantitative estimate of drug-likeness (QED) is 0.563. The van der Waals surface area contributed by atoms with Crippen LogP contribution in [0.25, 0.3) is 16.7 Å². The highest BCUT2D eigenvalue weighted by molar-refractivity contribution is 7.15. The summed E-state index contributed by atoms with van der Waals surface area (Å²) in [6.07, 6.45) is 1.79. The Kier molecular flexibility index (Phi) is 4.15. The average molecular weight is 370 g/mol. The van der Waals surface area contributed by atoms with Gasteiger partial charge in [-0.3, -0.25) is 0 Å². The van der Waals surface area contributed by atoms with E-state index >= 15 is 0 Å². The molecule has 3 aromatic heterocycles. The van der Waals surface area contributed by atoms with Gasteiger partial charge in [-0.1, -0.05) is 23.7 Å². The van der Waals surface area contributed by atoms with E-state index in [-0.39, 0.29) is 0 Å². The lowest BCUT2D eigenvalue weighted by molar-refractivity contribution is 0.810. The number of hydrogen-bond acceptors (Lipinski definition) is 5. The van der Waals surface area contributed by atoms with Crippen LogP contribution in [0.5, 0.6) is 0 Å². The summed E-state index contributed by atoms with van der Waals surface area (Å²) in [7, 11) is 0. The molecule has 4 rings (SSSR count). The van der Waals surface area contributed by atoms with Gasteiger partial charge in [0.15, 0.2) is 10.3 Å². The van der Waals surface area contributed by atoms with Crippen molar-refractivity contribution in [3.05, 3.63) is 63.3 Å². The Balaban J connectivity index is 1.71. The average Bonchev–Trinajstić information content (AvgIpc) is 3.17. The highest BCUT2D eigenvalue weighted by atomic mass is 35.5. The van der Waals surface area contributed by atoms with Crippen LogP contribution >= 0.6 is 22.9 Å². The molecule has 25 heavy (non-hydrogen) atoms. The van der Waals surface area contributed by atoms with Crippen LogP contribution in [0.15, 0.2) is 42.6 Å². The largest absolute Gasteiger partial charge is 0.378 e. The minimum atomic E-state index is 0.555. The molecule has 0 saturated carbocycles. The van der Waals surface area contributed by atoms with Gasteiger partial charge in [0.25, 0.3) is 0 Å².